The number of ether oxygens (including phenoxy) is 2. The summed E-state index contributed by atoms with van der Waals surface area (Å²) in [6, 6.07) is 7.28. The quantitative estimate of drug-likeness (QED) is 0.0902. The minimum atomic E-state index is -0.936. The number of aromatic nitrogens is 7. The molecule has 21 heteroatoms. The van der Waals surface area contributed by atoms with Crippen molar-refractivity contribution in [2.45, 2.75) is 147 Å². The zero-order chi connectivity index (χ0) is 51.0. The Bertz CT molecular complexity index is 2790. The van der Waals surface area contributed by atoms with Crippen molar-refractivity contribution in [2.24, 2.45) is 5.41 Å². The molecule has 5 aliphatic heterocycles. The van der Waals surface area contributed by atoms with E-state index >= 15 is 4.39 Å². The molecule has 0 radical (unpaired) electrons. The Morgan fingerprint density at radius 1 is 1.01 bits per heavy atom. The van der Waals surface area contributed by atoms with Crippen LogP contribution in [0, 0.1) is 25.1 Å². The smallest absolute Gasteiger partial charge is 0.319 e. The molecular weight excluding hydrogens is 954 g/mol. The normalized spacial score (nSPS) is 24.3. The monoisotopic (exact) mass is 1020 g/mol. The van der Waals surface area contributed by atoms with Crippen LogP contribution in [0.4, 0.5) is 10.2 Å². The molecule has 3 amide bonds. The van der Waals surface area contributed by atoms with Crippen LogP contribution < -0.4 is 25.6 Å². The van der Waals surface area contributed by atoms with Gasteiger partial charge < -0.3 is 40.3 Å². The second kappa shape index (κ2) is 21.2. The van der Waals surface area contributed by atoms with Gasteiger partial charge in [0, 0.05) is 76.0 Å². The number of piperazine rings is 1. The molecule has 5 saturated heterocycles. The molecule has 73 heavy (non-hydrogen) atoms. The van der Waals surface area contributed by atoms with E-state index < -0.39 is 35.3 Å². The minimum Gasteiger partial charge on any atom is -0.461 e. The van der Waals surface area contributed by atoms with Gasteiger partial charge in [-0.3, -0.25) is 28.9 Å². The van der Waals surface area contributed by atoms with Crippen molar-refractivity contribution in [1.29, 1.82) is 0 Å². The summed E-state index contributed by atoms with van der Waals surface area (Å²) in [5.74, 6) is -0.887. The first kappa shape index (κ1) is 50.8. The summed E-state index contributed by atoms with van der Waals surface area (Å²) in [4.78, 5) is 66.4. The number of hydrogen-bond donors (Lipinski definition) is 4. The van der Waals surface area contributed by atoms with Gasteiger partial charge in [0.05, 0.1) is 64.3 Å². The van der Waals surface area contributed by atoms with Crippen LogP contribution in [0.5, 0.6) is 6.01 Å². The van der Waals surface area contributed by atoms with Crippen LogP contribution >= 0.6 is 11.3 Å². The average molecular weight is 1020 g/mol. The fraction of sp³-hybridized carbons (Fsp3) is 0.596. The molecule has 0 spiro atoms. The standard InChI is InChI=1S/C52H68FN13O6S/c1-31-43(53)44-40(23-54-31)47(63-24-35-11-12-36(25-63)57-35)60-50(59-44)72-29-52-16-6-18-66(52)38(13-17-52)27-64-26-37(61-62-64)14-19-71-20-15-42(68)58-46(51(3,4)5)49(70)65-28-39(67)21-41(65)48(69)55-22-33-7-9-34(10-8-33)45-32(2)56-30-73-45/h7-10,23,26,30,35-36,38-39,41,46,57,67H,6,11-22,24-25,27-29H2,1-5H3,(H,55,69)(H,58,68)/t35?,36?,38-,39+,41-,46+,52-/m1/s1. The van der Waals surface area contributed by atoms with Crippen LogP contribution in [-0.2, 0) is 38.6 Å². The number of β-amino-alcohol motifs (C(OH)–C–C–N with tert-alkyl or cyclic N) is 1. The summed E-state index contributed by atoms with van der Waals surface area (Å²) < 4.78 is 29.8. The molecule has 5 aliphatic rings. The van der Waals surface area contributed by atoms with Crippen molar-refractivity contribution in [3.8, 4) is 16.5 Å². The Kier molecular flexibility index (Phi) is 14.8. The van der Waals surface area contributed by atoms with Gasteiger partial charge >= 0.3 is 6.01 Å². The van der Waals surface area contributed by atoms with Crippen molar-refractivity contribution in [3.05, 3.63) is 70.6 Å². The Morgan fingerprint density at radius 2 is 1.81 bits per heavy atom. The second-order valence-corrected chi connectivity index (χ2v) is 22.6. The second-order valence-electron chi connectivity index (χ2n) is 21.8. The molecule has 2 bridgehead atoms. The number of nitrogens with one attached hydrogen (secondary N) is 3. The zero-order valence-corrected chi connectivity index (χ0v) is 43.3. The number of anilines is 1. The van der Waals surface area contributed by atoms with Crippen molar-refractivity contribution in [1.82, 2.24) is 60.7 Å². The van der Waals surface area contributed by atoms with E-state index in [1.165, 1.54) is 4.90 Å². The summed E-state index contributed by atoms with van der Waals surface area (Å²) in [7, 11) is 0. The average Bonchev–Trinajstić information content (AvgIpc) is 4.25. The highest BCUT2D eigenvalue weighted by atomic mass is 32.1. The molecule has 0 saturated carbocycles. The van der Waals surface area contributed by atoms with Crippen molar-refractivity contribution in [3.63, 3.8) is 0 Å². The van der Waals surface area contributed by atoms with E-state index in [1.54, 1.807) is 24.5 Å². The number of benzene rings is 1. The van der Waals surface area contributed by atoms with E-state index in [4.69, 9.17) is 14.5 Å². The molecule has 390 valence electrons. The lowest BCUT2D eigenvalue weighted by molar-refractivity contribution is -0.144. The highest BCUT2D eigenvalue weighted by Crippen LogP contribution is 2.43. The number of nitrogens with zero attached hydrogens (tertiary/aromatic N) is 10. The Labute approximate surface area is 429 Å². The van der Waals surface area contributed by atoms with E-state index in [1.807, 2.05) is 68.3 Å². The molecule has 4 aromatic heterocycles. The van der Waals surface area contributed by atoms with Crippen molar-refractivity contribution < 1.29 is 33.4 Å². The third-order valence-electron chi connectivity index (χ3n) is 15.5. The molecule has 9 heterocycles. The molecule has 1 aromatic carbocycles. The van der Waals surface area contributed by atoms with E-state index in [-0.39, 0.29) is 67.5 Å². The molecule has 19 nitrogen and oxygen atoms in total. The van der Waals surface area contributed by atoms with E-state index in [2.05, 4.69) is 51.0 Å². The molecule has 7 atom stereocenters. The Morgan fingerprint density at radius 3 is 2.56 bits per heavy atom. The number of aryl methyl sites for hydroxylation is 2. The number of hydrogen-bond acceptors (Lipinski definition) is 16. The molecule has 2 unspecified atom stereocenters. The fourth-order valence-corrected chi connectivity index (χ4v) is 12.4. The first-order chi connectivity index (χ1) is 35.1. The highest BCUT2D eigenvalue weighted by Gasteiger charge is 2.50. The summed E-state index contributed by atoms with van der Waals surface area (Å²) in [5, 5.41) is 29.6. The van der Waals surface area contributed by atoms with Crippen molar-refractivity contribution >= 4 is 45.8 Å². The lowest BCUT2D eigenvalue weighted by Gasteiger charge is -2.35. The number of halogens is 1. The van der Waals surface area contributed by atoms with Crippen LogP contribution in [0.1, 0.15) is 94.8 Å². The van der Waals surface area contributed by atoms with E-state index in [0.717, 1.165) is 85.6 Å². The third-order valence-corrected chi connectivity index (χ3v) is 16.5. The number of carbonyl (C=O) groups is 3. The van der Waals surface area contributed by atoms with Gasteiger partial charge in [-0.1, -0.05) is 50.3 Å². The maximum atomic E-state index is 15.6. The van der Waals surface area contributed by atoms with Crippen molar-refractivity contribution in [2.75, 3.05) is 50.9 Å². The number of pyridine rings is 1. The number of fused-ring (bicyclic) bond motifs is 4. The number of aliphatic hydroxyl groups excluding tert-OH is 1. The maximum absolute atomic E-state index is 15.6. The first-order valence-electron chi connectivity index (χ1n) is 25.9. The molecule has 5 aromatic rings. The number of thiazole rings is 1. The lowest BCUT2D eigenvalue weighted by atomic mass is 9.85. The number of rotatable bonds is 18. The van der Waals surface area contributed by atoms with Crippen LogP contribution in [0.3, 0.4) is 0 Å². The molecular formula is C52H68FN13O6S. The molecule has 0 aliphatic carbocycles. The maximum Gasteiger partial charge on any atom is 0.319 e. The molecule has 4 N–H and O–H groups in total. The van der Waals surface area contributed by atoms with Crippen LogP contribution in [-0.4, -0.2) is 155 Å². The first-order valence-corrected chi connectivity index (χ1v) is 26.7. The van der Waals surface area contributed by atoms with Crippen LogP contribution in [0.2, 0.25) is 0 Å². The van der Waals surface area contributed by atoms with E-state index in [0.29, 0.717) is 55.2 Å². The molecule has 10 rings (SSSR count). The topological polar surface area (TPSA) is 218 Å². The summed E-state index contributed by atoms with van der Waals surface area (Å²) in [5.41, 5.74) is 5.19. The van der Waals surface area contributed by atoms with Gasteiger partial charge in [0.1, 0.15) is 30.0 Å². The third kappa shape index (κ3) is 11.1. The zero-order valence-electron chi connectivity index (χ0n) is 42.5. The predicted octanol–water partition coefficient (Wildman–Crippen LogP) is 4.27. The highest BCUT2D eigenvalue weighted by molar-refractivity contribution is 7.13. The number of carbonyl (C=O) groups excluding carboxylic acids is 3. The van der Waals surface area contributed by atoms with Gasteiger partial charge in [-0.2, -0.15) is 9.97 Å². The van der Waals surface area contributed by atoms with Gasteiger partial charge in [0.15, 0.2) is 5.82 Å². The van der Waals surface area contributed by atoms with Gasteiger partial charge in [-0.25, -0.2) is 9.37 Å². The number of amides is 3. The molecule has 5 fully saturated rings. The van der Waals surface area contributed by atoms with Gasteiger partial charge in [-0.05, 0) is 75.5 Å². The Balaban J connectivity index is 0.677. The van der Waals surface area contributed by atoms with Gasteiger partial charge in [0.2, 0.25) is 17.7 Å². The largest absolute Gasteiger partial charge is 0.461 e. The van der Waals surface area contributed by atoms with Crippen LogP contribution in [0.15, 0.2) is 42.2 Å². The summed E-state index contributed by atoms with van der Waals surface area (Å²) >= 11 is 1.58. The summed E-state index contributed by atoms with van der Waals surface area (Å²) in [6.45, 7) is 13.5. The SMILES string of the molecule is Cc1ncsc1-c1ccc(CNC(=O)[C@H]2C[C@H](O)CN2C(=O)[C@H](NC(=O)CCOCCc2cn(C[C@H]3CC[C@@]4(COc5nc(N6CC7CCC(C6)N7)c6cnc(C)c(F)c6n5)CCCN34)nn2)C(C)(C)C)cc1. The van der Waals surface area contributed by atoms with E-state index in [9.17, 15) is 19.5 Å². The lowest BCUT2D eigenvalue weighted by Crippen LogP contribution is -2.57. The van der Waals surface area contributed by atoms with Crippen LogP contribution in [0.25, 0.3) is 21.3 Å². The predicted molar refractivity (Wildman–Crippen MR) is 272 cm³/mol. The summed E-state index contributed by atoms with van der Waals surface area (Å²) in [6.07, 6.45) is 9.60. The minimum absolute atomic E-state index is 0.00546. The Hall–Kier alpha value is -5.74. The fourth-order valence-electron chi connectivity index (χ4n) is 11.6. The van der Waals surface area contributed by atoms with Gasteiger partial charge in [0.25, 0.3) is 0 Å². The number of likely N-dealkylation sites (tertiary alicyclic amines) is 1. The number of aliphatic hydroxyl groups is 1. The van der Waals surface area contributed by atoms with Gasteiger partial charge in [-0.15, -0.1) is 16.4 Å².